The summed E-state index contributed by atoms with van der Waals surface area (Å²) in [6.45, 7) is 2.10. The summed E-state index contributed by atoms with van der Waals surface area (Å²) in [5.41, 5.74) is 5.31. The largest absolute Gasteiger partial charge is 0.423 e. The number of aryl methyl sites for hydroxylation is 1. The van der Waals surface area contributed by atoms with Gasteiger partial charge in [0, 0.05) is 12.1 Å². The van der Waals surface area contributed by atoms with E-state index in [2.05, 4.69) is 25.1 Å². The fraction of sp³-hybridized carbons (Fsp3) is 0.130. The lowest BCUT2D eigenvalue weighted by Crippen LogP contribution is -2.09. The molecule has 0 unspecified atom stereocenters. The lowest BCUT2D eigenvalue weighted by atomic mass is 10.0. The Morgan fingerprint density at radius 1 is 1.04 bits per heavy atom. The summed E-state index contributed by atoms with van der Waals surface area (Å²) in [4.78, 5) is 12.4. The van der Waals surface area contributed by atoms with Crippen molar-refractivity contribution in [3.63, 3.8) is 0 Å². The number of carbonyl (C=O) groups is 1. The van der Waals surface area contributed by atoms with Crippen molar-refractivity contribution in [1.29, 1.82) is 5.26 Å². The second kappa shape index (κ2) is 6.90. The summed E-state index contributed by atoms with van der Waals surface area (Å²) < 4.78 is 32.5. The minimum atomic E-state index is -1.07. The topological polar surface area (TPSA) is 50.1 Å². The fourth-order valence-corrected chi connectivity index (χ4v) is 3.49. The zero-order valence-corrected chi connectivity index (χ0v) is 15.1. The van der Waals surface area contributed by atoms with E-state index in [0.717, 1.165) is 41.7 Å². The third-order valence-corrected chi connectivity index (χ3v) is 4.93. The molecule has 1 aliphatic rings. The Morgan fingerprint density at radius 2 is 1.68 bits per heavy atom. The van der Waals surface area contributed by atoms with E-state index in [1.54, 1.807) is 12.1 Å². The number of rotatable bonds is 3. The van der Waals surface area contributed by atoms with Gasteiger partial charge in [0.15, 0.2) is 0 Å². The number of halogens is 2. The second-order valence-electron chi connectivity index (χ2n) is 6.66. The van der Waals surface area contributed by atoms with Crippen molar-refractivity contribution < 1.29 is 18.3 Å². The molecule has 0 aliphatic heterocycles. The summed E-state index contributed by atoms with van der Waals surface area (Å²) in [6.07, 6.45) is 1.68. The van der Waals surface area contributed by atoms with Gasteiger partial charge in [0.05, 0.1) is 5.56 Å². The molecule has 0 bridgehead atoms. The van der Waals surface area contributed by atoms with Crippen molar-refractivity contribution in [2.75, 3.05) is 0 Å². The van der Waals surface area contributed by atoms with E-state index >= 15 is 0 Å². The molecule has 3 aromatic carbocycles. The van der Waals surface area contributed by atoms with Crippen molar-refractivity contribution in [1.82, 2.24) is 0 Å². The first kappa shape index (κ1) is 17.9. The van der Waals surface area contributed by atoms with Crippen molar-refractivity contribution in [3.8, 4) is 22.9 Å². The third-order valence-electron chi connectivity index (χ3n) is 4.93. The Hall–Kier alpha value is -3.52. The second-order valence-corrected chi connectivity index (χ2v) is 6.66. The molecule has 0 fully saturated rings. The molecule has 28 heavy (non-hydrogen) atoms. The number of nitriles is 1. The van der Waals surface area contributed by atoms with Gasteiger partial charge in [-0.25, -0.2) is 13.6 Å². The molecule has 0 amide bonds. The van der Waals surface area contributed by atoms with Gasteiger partial charge < -0.3 is 4.74 Å². The van der Waals surface area contributed by atoms with Crippen LogP contribution < -0.4 is 4.74 Å². The van der Waals surface area contributed by atoms with Gasteiger partial charge in [-0.05, 0) is 52.8 Å². The standard InChI is InChI=1S/C23H15F2NO2/c1-2-13-3-5-18-15(7-13)9-16-8-14(4-6-19(16)18)23(27)28-17-10-21(24)20(12-26)22(25)11-17/h3-8,10-11H,2,9H2,1H3. The molecular formula is C23H15F2NO2. The number of nitrogens with zero attached hydrogens (tertiary/aromatic N) is 1. The lowest BCUT2D eigenvalue weighted by molar-refractivity contribution is 0.0734. The fourth-order valence-electron chi connectivity index (χ4n) is 3.49. The summed E-state index contributed by atoms with van der Waals surface area (Å²) in [7, 11) is 0. The molecule has 3 nitrogen and oxygen atoms in total. The highest BCUT2D eigenvalue weighted by Crippen LogP contribution is 2.37. The van der Waals surface area contributed by atoms with E-state index in [0.29, 0.717) is 5.56 Å². The number of esters is 1. The molecule has 0 radical (unpaired) electrons. The van der Waals surface area contributed by atoms with E-state index in [1.165, 1.54) is 17.2 Å². The van der Waals surface area contributed by atoms with Gasteiger partial charge in [0.25, 0.3) is 0 Å². The van der Waals surface area contributed by atoms with Crippen LogP contribution in [0.1, 0.15) is 39.5 Å². The van der Waals surface area contributed by atoms with Crippen LogP contribution in [-0.2, 0) is 12.8 Å². The number of benzene rings is 3. The maximum absolute atomic E-state index is 13.7. The molecule has 3 aromatic rings. The number of carbonyl (C=O) groups excluding carboxylic acids is 1. The molecular weight excluding hydrogens is 360 g/mol. The van der Waals surface area contributed by atoms with Gasteiger partial charge in [0.1, 0.15) is 29.0 Å². The van der Waals surface area contributed by atoms with Crippen LogP contribution in [0.25, 0.3) is 11.1 Å². The summed E-state index contributed by atoms with van der Waals surface area (Å²) in [5.74, 6) is -3.13. The van der Waals surface area contributed by atoms with Crippen LogP contribution in [0.2, 0.25) is 0 Å². The Bertz CT molecular complexity index is 1140. The monoisotopic (exact) mass is 375 g/mol. The van der Waals surface area contributed by atoms with E-state index in [-0.39, 0.29) is 5.75 Å². The van der Waals surface area contributed by atoms with E-state index in [1.807, 2.05) is 6.07 Å². The Labute approximate surface area is 160 Å². The highest BCUT2D eigenvalue weighted by Gasteiger charge is 2.21. The summed E-state index contributed by atoms with van der Waals surface area (Å²) in [5, 5.41) is 8.71. The van der Waals surface area contributed by atoms with Crippen molar-refractivity contribution in [2.45, 2.75) is 19.8 Å². The van der Waals surface area contributed by atoms with Crippen LogP contribution in [-0.4, -0.2) is 5.97 Å². The van der Waals surface area contributed by atoms with Gasteiger partial charge in [-0.15, -0.1) is 0 Å². The van der Waals surface area contributed by atoms with Gasteiger partial charge in [-0.2, -0.15) is 5.26 Å². The highest BCUT2D eigenvalue weighted by molar-refractivity contribution is 5.93. The molecule has 5 heteroatoms. The van der Waals surface area contributed by atoms with Crippen LogP contribution in [0.3, 0.4) is 0 Å². The van der Waals surface area contributed by atoms with Gasteiger partial charge in [0.2, 0.25) is 0 Å². The molecule has 4 rings (SSSR count). The minimum Gasteiger partial charge on any atom is -0.423 e. The zero-order chi connectivity index (χ0) is 19.8. The molecule has 0 saturated heterocycles. The maximum atomic E-state index is 13.7. The number of ether oxygens (including phenoxy) is 1. The average Bonchev–Trinajstić information content (AvgIpc) is 3.04. The number of hydrogen-bond donors (Lipinski definition) is 0. The highest BCUT2D eigenvalue weighted by atomic mass is 19.1. The smallest absolute Gasteiger partial charge is 0.343 e. The first-order chi connectivity index (χ1) is 13.5. The maximum Gasteiger partial charge on any atom is 0.343 e. The molecule has 0 N–H and O–H groups in total. The molecule has 0 saturated carbocycles. The predicted molar refractivity (Wildman–Crippen MR) is 100 cm³/mol. The predicted octanol–water partition coefficient (Wildman–Crippen LogP) is 5.19. The van der Waals surface area contributed by atoms with Crippen LogP contribution in [0.5, 0.6) is 5.75 Å². The molecule has 0 heterocycles. The van der Waals surface area contributed by atoms with Crippen LogP contribution in [0, 0.1) is 23.0 Å². The van der Waals surface area contributed by atoms with Gasteiger partial charge >= 0.3 is 5.97 Å². The Balaban J connectivity index is 1.60. The van der Waals surface area contributed by atoms with E-state index in [4.69, 9.17) is 10.00 Å². The Kier molecular flexibility index (Phi) is 4.40. The van der Waals surface area contributed by atoms with Crippen molar-refractivity contribution in [3.05, 3.63) is 88.0 Å². The summed E-state index contributed by atoms with van der Waals surface area (Å²) in [6, 6.07) is 14.7. The lowest BCUT2D eigenvalue weighted by Gasteiger charge is -2.07. The van der Waals surface area contributed by atoms with Crippen molar-refractivity contribution >= 4 is 5.97 Å². The van der Waals surface area contributed by atoms with Crippen LogP contribution >= 0.6 is 0 Å². The third kappa shape index (κ3) is 3.03. The van der Waals surface area contributed by atoms with Crippen LogP contribution in [0.4, 0.5) is 8.78 Å². The Morgan fingerprint density at radius 3 is 2.32 bits per heavy atom. The quantitative estimate of drug-likeness (QED) is 0.366. The molecule has 138 valence electrons. The zero-order valence-electron chi connectivity index (χ0n) is 15.1. The molecule has 1 aliphatic carbocycles. The SMILES string of the molecule is CCc1ccc2c(c1)Cc1cc(C(=O)Oc3cc(F)c(C#N)c(F)c3)ccc1-2. The first-order valence-corrected chi connectivity index (χ1v) is 8.86. The molecule has 0 aromatic heterocycles. The van der Waals surface area contributed by atoms with E-state index < -0.39 is 23.2 Å². The number of hydrogen-bond acceptors (Lipinski definition) is 3. The minimum absolute atomic E-state index is 0.282. The molecule has 0 atom stereocenters. The summed E-state index contributed by atoms with van der Waals surface area (Å²) >= 11 is 0. The normalized spacial score (nSPS) is 11.5. The number of fused-ring (bicyclic) bond motifs is 3. The van der Waals surface area contributed by atoms with E-state index in [9.17, 15) is 13.6 Å². The van der Waals surface area contributed by atoms with Gasteiger partial charge in [-0.1, -0.05) is 31.2 Å². The van der Waals surface area contributed by atoms with Crippen LogP contribution in [0.15, 0.2) is 48.5 Å². The van der Waals surface area contributed by atoms with Gasteiger partial charge in [-0.3, -0.25) is 0 Å². The first-order valence-electron chi connectivity index (χ1n) is 8.86. The average molecular weight is 375 g/mol. The van der Waals surface area contributed by atoms with Crippen molar-refractivity contribution in [2.24, 2.45) is 0 Å². The molecule has 0 spiro atoms.